The lowest BCUT2D eigenvalue weighted by Crippen LogP contribution is -2.39. The number of ketones is 1. The summed E-state index contributed by atoms with van der Waals surface area (Å²) in [7, 11) is 0. The van der Waals surface area contributed by atoms with Gasteiger partial charge in [0.1, 0.15) is 0 Å². The number of carbonyl (C=O) groups is 2. The van der Waals surface area contributed by atoms with Gasteiger partial charge in [0.2, 0.25) is 5.91 Å². The SMILES string of the molecule is C=CC(=O)C1CCN(C(=O)C=C)CC1. The minimum Gasteiger partial charge on any atom is -0.339 e. The van der Waals surface area contributed by atoms with Crippen molar-refractivity contribution in [3.8, 4) is 0 Å². The Morgan fingerprint density at radius 1 is 1.14 bits per heavy atom. The molecule has 0 aliphatic carbocycles. The molecule has 0 bridgehead atoms. The second-order valence-electron chi connectivity index (χ2n) is 3.41. The van der Waals surface area contributed by atoms with Crippen molar-refractivity contribution in [1.82, 2.24) is 4.90 Å². The van der Waals surface area contributed by atoms with E-state index in [9.17, 15) is 9.59 Å². The van der Waals surface area contributed by atoms with E-state index in [1.54, 1.807) is 4.90 Å². The fourth-order valence-electron chi connectivity index (χ4n) is 1.68. The Bertz CT molecular complexity index is 234. The van der Waals surface area contributed by atoms with Crippen molar-refractivity contribution >= 4 is 11.7 Å². The quantitative estimate of drug-likeness (QED) is 0.631. The van der Waals surface area contributed by atoms with Crippen LogP contribution in [0, 0.1) is 5.92 Å². The highest BCUT2D eigenvalue weighted by Gasteiger charge is 2.24. The molecule has 14 heavy (non-hydrogen) atoms. The maximum atomic E-state index is 11.3. The first kappa shape index (κ1) is 10.7. The molecular formula is C11H15NO2. The minimum absolute atomic E-state index is 0.0468. The topological polar surface area (TPSA) is 37.4 Å². The van der Waals surface area contributed by atoms with E-state index in [1.165, 1.54) is 12.2 Å². The highest BCUT2D eigenvalue weighted by molar-refractivity contribution is 5.91. The molecule has 0 atom stereocenters. The van der Waals surface area contributed by atoms with E-state index in [2.05, 4.69) is 13.2 Å². The maximum absolute atomic E-state index is 11.3. The second kappa shape index (κ2) is 4.74. The van der Waals surface area contributed by atoms with E-state index in [4.69, 9.17) is 0 Å². The van der Waals surface area contributed by atoms with Crippen LogP contribution in [0.1, 0.15) is 12.8 Å². The van der Waals surface area contributed by atoms with Crippen LogP contribution in [-0.4, -0.2) is 29.7 Å². The number of carbonyl (C=O) groups excluding carboxylic acids is 2. The molecule has 0 spiro atoms. The summed E-state index contributed by atoms with van der Waals surface area (Å²) in [5.74, 6) is 0.103. The van der Waals surface area contributed by atoms with Gasteiger partial charge in [-0.2, -0.15) is 0 Å². The molecule has 1 heterocycles. The fraction of sp³-hybridized carbons (Fsp3) is 0.455. The average molecular weight is 193 g/mol. The number of piperidine rings is 1. The van der Waals surface area contributed by atoms with E-state index in [0.29, 0.717) is 13.1 Å². The van der Waals surface area contributed by atoms with Crippen LogP contribution in [0.2, 0.25) is 0 Å². The third-order valence-electron chi connectivity index (χ3n) is 2.58. The van der Waals surface area contributed by atoms with Crippen LogP contribution >= 0.6 is 0 Å². The van der Waals surface area contributed by atoms with Gasteiger partial charge < -0.3 is 4.90 Å². The lowest BCUT2D eigenvalue weighted by molar-refractivity contribution is -0.129. The van der Waals surface area contributed by atoms with Gasteiger partial charge in [-0.05, 0) is 25.0 Å². The standard InChI is InChI=1S/C11H15NO2/c1-3-10(13)9-5-7-12(8-6-9)11(14)4-2/h3-4,9H,1-2,5-8H2. The van der Waals surface area contributed by atoms with Crippen molar-refractivity contribution in [2.45, 2.75) is 12.8 Å². The Balaban J connectivity index is 2.45. The summed E-state index contributed by atoms with van der Waals surface area (Å²) in [6.45, 7) is 8.19. The molecule has 1 rings (SSSR count). The van der Waals surface area contributed by atoms with Crippen molar-refractivity contribution < 1.29 is 9.59 Å². The van der Waals surface area contributed by atoms with Crippen LogP contribution in [0.3, 0.4) is 0 Å². The van der Waals surface area contributed by atoms with Gasteiger partial charge in [0.05, 0.1) is 0 Å². The Kier molecular flexibility index (Phi) is 3.63. The third kappa shape index (κ3) is 2.31. The summed E-state index contributed by atoms with van der Waals surface area (Å²) < 4.78 is 0. The summed E-state index contributed by atoms with van der Waals surface area (Å²) in [6, 6.07) is 0. The first-order valence-corrected chi connectivity index (χ1v) is 4.76. The van der Waals surface area contributed by atoms with Gasteiger partial charge in [0.25, 0.3) is 0 Å². The van der Waals surface area contributed by atoms with Gasteiger partial charge in [0, 0.05) is 19.0 Å². The highest BCUT2D eigenvalue weighted by Crippen LogP contribution is 2.18. The molecule has 1 amide bonds. The molecule has 76 valence electrons. The zero-order chi connectivity index (χ0) is 10.6. The summed E-state index contributed by atoms with van der Waals surface area (Å²) in [4.78, 5) is 24.2. The largest absolute Gasteiger partial charge is 0.339 e. The van der Waals surface area contributed by atoms with Crippen LogP contribution in [0.5, 0.6) is 0 Å². The molecule has 3 heteroatoms. The molecule has 1 fully saturated rings. The Morgan fingerprint density at radius 2 is 1.71 bits per heavy atom. The van der Waals surface area contributed by atoms with E-state index in [0.717, 1.165) is 12.8 Å². The molecule has 0 aromatic rings. The molecule has 0 unspecified atom stereocenters. The van der Waals surface area contributed by atoms with Gasteiger partial charge in [-0.25, -0.2) is 0 Å². The van der Waals surface area contributed by atoms with Gasteiger partial charge in [-0.1, -0.05) is 13.2 Å². The number of amides is 1. The van der Waals surface area contributed by atoms with Gasteiger partial charge in [-0.3, -0.25) is 9.59 Å². The van der Waals surface area contributed by atoms with E-state index in [-0.39, 0.29) is 17.6 Å². The van der Waals surface area contributed by atoms with Crippen molar-refractivity contribution in [2.24, 2.45) is 5.92 Å². The van der Waals surface area contributed by atoms with Crippen molar-refractivity contribution in [3.63, 3.8) is 0 Å². The molecule has 0 N–H and O–H groups in total. The zero-order valence-electron chi connectivity index (χ0n) is 8.24. The first-order valence-electron chi connectivity index (χ1n) is 4.76. The first-order chi connectivity index (χ1) is 6.69. The van der Waals surface area contributed by atoms with Gasteiger partial charge in [0.15, 0.2) is 5.78 Å². The molecule has 0 saturated carbocycles. The Morgan fingerprint density at radius 3 is 2.14 bits per heavy atom. The fourth-order valence-corrected chi connectivity index (χ4v) is 1.68. The molecule has 1 aliphatic heterocycles. The number of likely N-dealkylation sites (tertiary alicyclic amines) is 1. The molecule has 0 radical (unpaired) electrons. The zero-order valence-corrected chi connectivity index (χ0v) is 8.24. The lowest BCUT2D eigenvalue weighted by Gasteiger charge is -2.29. The van der Waals surface area contributed by atoms with Crippen LogP contribution in [0.4, 0.5) is 0 Å². The monoisotopic (exact) mass is 193 g/mol. The number of allylic oxidation sites excluding steroid dienone is 1. The summed E-state index contributed by atoms with van der Waals surface area (Å²) in [5, 5.41) is 0. The van der Waals surface area contributed by atoms with E-state index in [1.807, 2.05) is 0 Å². The smallest absolute Gasteiger partial charge is 0.245 e. The van der Waals surface area contributed by atoms with Crippen LogP contribution in [-0.2, 0) is 9.59 Å². The van der Waals surface area contributed by atoms with Crippen LogP contribution < -0.4 is 0 Å². The van der Waals surface area contributed by atoms with Crippen molar-refractivity contribution in [2.75, 3.05) is 13.1 Å². The number of rotatable bonds is 3. The molecule has 0 aromatic heterocycles. The number of hydrogen-bond donors (Lipinski definition) is 0. The number of hydrogen-bond acceptors (Lipinski definition) is 2. The maximum Gasteiger partial charge on any atom is 0.245 e. The Labute approximate surface area is 84.1 Å². The van der Waals surface area contributed by atoms with Gasteiger partial charge >= 0.3 is 0 Å². The lowest BCUT2D eigenvalue weighted by atomic mass is 9.92. The summed E-state index contributed by atoms with van der Waals surface area (Å²) in [6.07, 6.45) is 4.17. The molecule has 3 nitrogen and oxygen atoms in total. The minimum atomic E-state index is -0.0468. The predicted octanol–water partition coefficient (Wildman–Crippen LogP) is 1.17. The van der Waals surface area contributed by atoms with E-state index >= 15 is 0 Å². The third-order valence-corrected chi connectivity index (χ3v) is 2.58. The van der Waals surface area contributed by atoms with Crippen molar-refractivity contribution in [1.29, 1.82) is 0 Å². The summed E-state index contributed by atoms with van der Waals surface area (Å²) in [5.41, 5.74) is 0. The van der Waals surface area contributed by atoms with Crippen LogP contribution in [0.15, 0.2) is 25.3 Å². The molecule has 1 aliphatic rings. The molecular weight excluding hydrogens is 178 g/mol. The molecule has 0 aromatic carbocycles. The van der Waals surface area contributed by atoms with Gasteiger partial charge in [-0.15, -0.1) is 0 Å². The summed E-state index contributed by atoms with van der Waals surface area (Å²) >= 11 is 0. The van der Waals surface area contributed by atoms with Crippen LogP contribution in [0.25, 0.3) is 0 Å². The predicted molar refractivity (Wildman–Crippen MR) is 54.7 cm³/mol. The highest BCUT2D eigenvalue weighted by atomic mass is 16.2. The Hall–Kier alpha value is -1.38. The second-order valence-corrected chi connectivity index (χ2v) is 3.41. The normalized spacial score (nSPS) is 17.6. The van der Waals surface area contributed by atoms with E-state index < -0.39 is 0 Å². The van der Waals surface area contributed by atoms with Crippen molar-refractivity contribution in [3.05, 3.63) is 25.3 Å². The average Bonchev–Trinajstić information content (AvgIpc) is 2.27. The number of nitrogens with zero attached hydrogens (tertiary/aromatic N) is 1. The molecule has 1 saturated heterocycles.